The summed E-state index contributed by atoms with van der Waals surface area (Å²) in [5.74, 6) is 0.800. The van der Waals surface area contributed by atoms with Crippen molar-refractivity contribution in [2.45, 2.75) is 6.42 Å². The third-order valence-corrected chi connectivity index (χ3v) is 3.63. The van der Waals surface area contributed by atoms with Crippen molar-refractivity contribution < 1.29 is 14.3 Å². The van der Waals surface area contributed by atoms with Crippen LogP contribution in [0.2, 0.25) is 0 Å². The lowest BCUT2D eigenvalue weighted by atomic mass is 10.0. The smallest absolute Gasteiger partial charge is 0.167 e. The highest BCUT2D eigenvalue weighted by molar-refractivity contribution is 9.10. The number of hydrogen-bond donors (Lipinski definition) is 0. The van der Waals surface area contributed by atoms with Gasteiger partial charge in [-0.05, 0) is 39.7 Å². The standard InChI is InChI=1S/C17H17BrO3/c1-20-9-10-21-17-8-7-14(12-15(17)18)16(19)11-13-5-3-2-4-6-13/h2-8,12H,9-11H2,1H3. The summed E-state index contributed by atoms with van der Waals surface area (Å²) < 4.78 is 11.3. The van der Waals surface area contributed by atoms with Crippen LogP contribution < -0.4 is 4.74 Å². The number of methoxy groups -OCH3 is 1. The number of rotatable bonds is 7. The Bertz CT molecular complexity index is 596. The number of benzene rings is 2. The molecule has 0 aromatic heterocycles. The summed E-state index contributed by atoms with van der Waals surface area (Å²) in [4.78, 5) is 12.3. The monoisotopic (exact) mass is 348 g/mol. The Labute approximate surface area is 133 Å². The third-order valence-electron chi connectivity index (χ3n) is 3.01. The second kappa shape index (κ2) is 7.96. The minimum atomic E-state index is 0.0883. The molecule has 0 bridgehead atoms. The molecule has 0 saturated carbocycles. The molecule has 0 fully saturated rings. The van der Waals surface area contributed by atoms with Gasteiger partial charge in [-0.3, -0.25) is 4.79 Å². The van der Waals surface area contributed by atoms with Crippen LogP contribution in [0, 0.1) is 0 Å². The van der Waals surface area contributed by atoms with E-state index >= 15 is 0 Å². The van der Waals surface area contributed by atoms with E-state index in [-0.39, 0.29) is 5.78 Å². The van der Waals surface area contributed by atoms with Crippen LogP contribution in [0.3, 0.4) is 0 Å². The largest absolute Gasteiger partial charge is 0.490 e. The highest BCUT2D eigenvalue weighted by Crippen LogP contribution is 2.26. The Morgan fingerprint density at radius 1 is 1.10 bits per heavy atom. The molecule has 4 heteroatoms. The molecule has 0 aliphatic heterocycles. The van der Waals surface area contributed by atoms with Gasteiger partial charge in [0.2, 0.25) is 0 Å². The van der Waals surface area contributed by atoms with E-state index in [4.69, 9.17) is 9.47 Å². The van der Waals surface area contributed by atoms with Gasteiger partial charge in [-0.2, -0.15) is 0 Å². The lowest BCUT2D eigenvalue weighted by Gasteiger charge is -2.09. The predicted octanol–water partition coefficient (Wildman–Crippen LogP) is 3.90. The van der Waals surface area contributed by atoms with Gasteiger partial charge in [0, 0.05) is 19.1 Å². The Hall–Kier alpha value is -1.65. The first-order valence-corrected chi connectivity index (χ1v) is 7.48. The molecule has 0 radical (unpaired) electrons. The fourth-order valence-electron chi connectivity index (χ4n) is 1.91. The Kier molecular flexibility index (Phi) is 5.96. The van der Waals surface area contributed by atoms with Crippen LogP contribution in [-0.2, 0) is 11.2 Å². The van der Waals surface area contributed by atoms with Crippen molar-refractivity contribution in [3.8, 4) is 5.75 Å². The summed E-state index contributed by atoms with van der Waals surface area (Å²) in [7, 11) is 1.63. The quantitative estimate of drug-likeness (QED) is 0.562. The van der Waals surface area contributed by atoms with Crippen molar-refractivity contribution in [1.29, 1.82) is 0 Å². The number of Topliss-reactive ketones (excluding diaryl/α,β-unsaturated/α-hetero) is 1. The van der Waals surface area contributed by atoms with Gasteiger partial charge in [0.15, 0.2) is 5.78 Å². The second-order valence-corrected chi connectivity index (χ2v) is 5.43. The summed E-state index contributed by atoms with van der Waals surface area (Å²) in [6.45, 7) is 1.01. The molecule has 0 amide bonds. The number of ether oxygens (including phenoxy) is 2. The topological polar surface area (TPSA) is 35.5 Å². The van der Waals surface area contributed by atoms with E-state index in [0.29, 0.717) is 30.9 Å². The molecular weight excluding hydrogens is 332 g/mol. The molecule has 110 valence electrons. The molecule has 0 atom stereocenters. The Morgan fingerprint density at radius 2 is 1.86 bits per heavy atom. The van der Waals surface area contributed by atoms with Crippen LogP contribution in [-0.4, -0.2) is 26.1 Å². The van der Waals surface area contributed by atoms with Crippen LogP contribution in [0.15, 0.2) is 53.0 Å². The number of halogens is 1. The van der Waals surface area contributed by atoms with Gasteiger partial charge in [0.05, 0.1) is 11.1 Å². The average molecular weight is 349 g/mol. The van der Waals surface area contributed by atoms with Crippen LogP contribution in [0.5, 0.6) is 5.75 Å². The maximum atomic E-state index is 12.3. The fourth-order valence-corrected chi connectivity index (χ4v) is 2.40. The molecule has 0 saturated heterocycles. The minimum absolute atomic E-state index is 0.0883. The highest BCUT2D eigenvalue weighted by Gasteiger charge is 2.10. The van der Waals surface area contributed by atoms with E-state index in [1.807, 2.05) is 30.3 Å². The molecular formula is C17H17BrO3. The molecule has 0 heterocycles. The van der Waals surface area contributed by atoms with Crippen LogP contribution in [0.25, 0.3) is 0 Å². The number of carbonyl (C=O) groups excluding carboxylic acids is 1. The lowest BCUT2D eigenvalue weighted by Crippen LogP contribution is -2.06. The first-order chi connectivity index (χ1) is 10.2. The summed E-state index contributed by atoms with van der Waals surface area (Å²) >= 11 is 3.43. The lowest BCUT2D eigenvalue weighted by molar-refractivity contribution is 0.0993. The highest BCUT2D eigenvalue weighted by atomic mass is 79.9. The molecule has 0 aliphatic carbocycles. The van der Waals surface area contributed by atoms with Gasteiger partial charge in [-0.25, -0.2) is 0 Å². The first-order valence-electron chi connectivity index (χ1n) is 6.69. The molecule has 21 heavy (non-hydrogen) atoms. The van der Waals surface area contributed by atoms with Crippen LogP contribution in [0.4, 0.5) is 0 Å². The van der Waals surface area contributed by atoms with E-state index in [1.165, 1.54) is 0 Å². The van der Waals surface area contributed by atoms with Crippen molar-refractivity contribution in [1.82, 2.24) is 0 Å². The molecule has 0 unspecified atom stereocenters. The molecule has 2 aromatic rings. The van der Waals surface area contributed by atoms with Crippen LogP contribution in [0.1, 0.15) is 15.9 Å². The maximum Gasteiger partial charge on any atom is 0.167 e. The SMILES string of the molecule is COCCOc1ccc(C(=O)Cc2ccccc2)cc1Br. The Morgan fingerprint density at radius 3 is 2.52 bits per heavy atom. The molecule has 3 nitrogen and oxygen atoms in total. The number of ketones is 1. The zero-order valence-corrected chi connectivity index (χ0v) is 13.4. The van der Waals surface area contributed by atoms with Crippen molar-refractivity contribution in [3.05, 3.63) is 64.1 Å². The van der Waals surface area contributed by atoms with Gasteiger partial charge >= 0.3 is 0 Å². The molecule has 0 aliphatic rings. The van der Waals surface area contributed by atoms with E-state index in [2.05, 4.69) is 15.9 Å². The van der Waals surface area contributed by atoms with E-state index in [1.54, 1.807) is 25.3 Å². The molecule has 0 N–H and O–H groups in total. The van der Waals surface area contributed by atoms with Gasteiger partial charge < -0.3 is 9.47 Å². The zero-order chi connectivity index (χ0) is 15.1. The van der Waals surface area contributed by atoms with Gasteiger partial charge in [0.25, 0.3) is 0 Å². The predicted molar refractivity (Wildman–Crippen MR) is 86.0 cm³/mol. The van der Waals surface area contributed by atoms with Crippen molar-refractivity contribution >= 4 is 21.7 Å². The summed E-state index contributed by atoms with van der Waals surface area (Å²) in [6.07, 6.45) is 0.400. The van der Waals surface area contributed by atoms with E-state index < -0.39 is 0 Å². The van der Waals surface area contributed by atoms with Crippen LogP contribution >= 0.6 is 15.9 Å². The third kappa shape index (κ3) is 4.69. The molecule has 0 spiro atoms. The van der Waals surface area contributed by atoms with Gasteiger partial charge in [-0.1, -0.05) is 30.3 Å². The van der Waals surface area contributed by atoms with Gasteiger partial charge in [0.1, 0.15) is 12.4 Å². The fraction of sp³-hybridized carbons (Fsp3) is 0.235. The molecule has 2 aromatic carbocycles. The number of hydrogen-bond acceptors (Lipinski definition) is 3. The average Bonchev–Trinajstić information content (AvgIpc) is 2.50. The maximum absolute atomic E-state index is 12.3. The second-order valence-electron chi connectivity index (χ2n) is 4.57. The van der Waals surface area contributed by atoms with Crippen molar-refractivity contribution in [3.63, 3.8) is 0 Å². The summed E-state index contributed by atoms with van der Waals surface area (Å²) in [5, 5.41) is 0. The summed E-state index contributed by atoms with van der Waals surface area (Å²) in [6, 6.07) is 15.1. The Balaban J connectivity index is 2.03. The van der Waals surface area contributed by atoms with Crippen molar-refractivity contribution in [2.75, 3.05) is 20.3 Å². The summed E-state index contributed by atoms with van der Waals surface area (Å²) in [5.41, 5.74) is 1.68. The minimum Gasteiger partial charge on any atom is -0.490 e. The van der Waals surface area contributed by atoms with Crippen molar-refractivity contribution in [2.24, 2.45) is 0 Å². The zero-order valence-electron chi connectivity index (χ0n) is 11.8. The number of carbonyl (C=O) groups is 1. The first kappa shape index (κ1) is 15.7. The van der Waals surface area contributed by atoms with E-state index in [9.17, 15) is 4.79 Å². The normalized spacial score (nSPS) is 10.4. The molecule has 2 rings (SSSR count). The van der Waals surface area contributed by atoms with E-state index in [0.717, 1.165) is 10.0 Å². The van der Waals surface area contributed by atoms with Gasteiger partial charge in [-0.15, -0.1) is 0 Å².